The number of nitrogens with zero attached hydrogens (tertiary/aromatic N) is 3. The third-order valence-corrected chi connectivity index (χ3v) is 4.84. The standard InChI is InChI=1S/C15H15N3S/c1-10-4-7-19-13(10)12-8-11(2)17-14(18-12)15(9-16)5-3-6-15/h4,7-8H,3,5-6H2,1-2H3. The maximum atomic E-state index is 9.43. The minimum Gasteiger partial charge on any atom is -0.236 e. The van der Waals surface area contributed by atoms with Gasteiger partial charge in [-0.3, -0.25) is 0 Å². The molecule has 0 spiro atoms. The number of thiophene rings is 1. The van der Waals surface area contributed by atoms with Crippen molar-refractivity contribution in [2.75, 3.05) is 0 Å². The van der Waals surface area contributed by atoms with Crippen LogP contribution in [0, 0.1) is 25.2 Å². The van der Waals surface area contributed by atoms with Crippen molar-refractivity contribution in [1.29, 1.82) is 5.26 Å². The molecule has 19 heavy (non-hydrogen) atoms. The van der Waals surface area contributed by atoms with Gasteiger partial charge in [-0.05, 0) is 56.2 Å². The molecule has 0 unspecified atom stereocenters. The van der Waals surface area contributed by atoms with Gasteiger partial charge < -0.3 is 0 Å². The van der Waals surface area contributed by atoms with Gasteiger partial charge in [0.05, 0.1) is 16.6 Å². The molecule has 0 amide bonds. The van der Waals surface area contributed by atoms with Crippen LogP contribution in [0.15, 0.2) is 17.5 Å². The van der Waals surface area contributed by atoms with Crippen molar-refractivity contribution in [2.24, 2.45) is 0 Å². The van der Waals surface area contributed by atoms with Crippen LogP contribution < -0.4 is 0 Å². The van der Waals surface area contributed by atoms with Crippen molar-refractivity contribution in [3.63, 3.8) is 0 Å². The first kappa shape index (κ1) is 12.3. The summed E-state index contributed by atoms with van der Waals surface area (Å²) in [5.74, 6) is 0.712. The van der Waals surface area contributed by atoms with E-state index in [2.05, 4.69) is 34.4 Å². The van der Waals surface area contributed by atoms with E-state index in [0.717, 1.165) is 30.7 Å². The predicted molar refractivity (Wildman–Crippen MR) is 76.0 cm³/mol. The number of rotatable bonds is 2. The van der Waals surface area contributed by atoms with Gasteiger partial charge in [0, 0.05) is 5.69 Å². The Labute approximate surface area is 117 Å². The molecule has 0 atom stereocenters. The van der Waals surface area contributed by atoms with Crippen LogP contribution in [-0.4, -0.2) is 9.97 Å². The second-order valence-corrected chi connectivity index (χ2v) is 6.11. The van der Waals surface area contributed by atoms with Crippen LogP contribution in [0.5, 0.6) is 0 Å². The Balaban J connectivity index is 2.12. The van der Waals surface area contributed by atoms with Crippen molar-refractivity contribution >= 4 is 11.3 Å². The SMILES string of the molecule is Cc1cc(-c2sccc2C)nc(C2(C#N)CCC2)n1. The molecular weight excluding hydrogens is 254 g/mol. The van der Waals surface area contributed by atoms with Gasteiger partial charge in [-0.15, -0.1) is 11.3 Å². The lowest BCUT2D eigenvalue weighted by atomic mass is 9.69. The van der Waals surface area contributed by atoms with Crippen LogP contribution in [0.1, 0.15) is 36.3 Å². The van der Waals surface area contributed by atoms with Gasteiger partial charge in [0.1, 0.15) is 11.2 Å². The molecule has 1 aliphatic carbocycles. The molecule has 1 saturated carbocycles. The highest BCUT2D eigenvalue weighted by Gasteiger charge is 2.42. The third kappa shape index (κ3) is 1.95. The summed E-state index contributed by atoms with van der Waals surface area (Å²) < 4.78 is 0. The lowest BCUT2D eigenvalue weighted by molar-refractivity contribution is 0.307. The number of aryl methyl sites for hydroxylation is 2. The molecule has 3 rings (SSSR count). The number of hydrogen-bond acceptors (Lipinski definition) is 4. The number of hydrogen-bond donors (Lipinski definition) is 0. The molecule has 0 aliphatic heterocycles. The van der Waals surface area contributed by atoms with Crippen LogP contribution in [0.25, 0.3) is 10.6 Å². The molecule has 2 aromatic rings. The average molecular weight is 269 g/mol. The second-order valence-electron chi connectivity index (χ2n) is 5.20. The summed E-state index contributed by atoms with van der Waals surface area (Å²) >= 11 is 1.69. The second kappa shape index (κ2) is 4.43. The fourth-order valence-corrected chi connectivity index (χ4v) is 3.34. The number of aromatic nitrogens is 2. The van der Waals surface area contributed by atoms with Gasteiger partial charge in [-0.2, -0.15) is 5.26 Å². The van der Waals surface area contributed by atoms with E-state index in [9.17, 15) is 5.26 Å². The smallest absolute Gasteiger partial charge is 0.149 e. The molecule has 1 aliphatic rings. The van der Waals surface area contributed by atoms with Crippen LogP contribution in [0.2, 0.25) is 0 Å². The van der Waals surface area contributed by atoms with E-state index in [1.807, 2.05) is 13.0 Å². The van der Waals surface area contributed by atoms with E-state index in [4.69, 9.17) is 0 Å². The Morgan fingerprint density at radius 1 is 1.32 bits per heavy atom. The highest BCUT2D eigenvalue weighted by Crippen LogP contribution is 2.42. The molecule has 3 nitrogen and oxygen atoms in total. The van der Waals surface area contributed by atoms with E-state index in [0.29, 0.717) is 5.82 Å². The maximum absolute atomic E-state index is 9.43. The number of nitriles is 1. The normalized spacial score (nSPS) is 16.7. The van der Waals surface area contributed by atoms with Gasteiger partial charge in [0.2, 0.25) is 0 Å². The van der Waals surface area contributed by atoms with E-state index in [-0.39, 0.29) is 0 Å². The Morgan fingerprint density at radius 3 is 2.63 bits per heavy atom. The third-order valence-electron chi connectivity index (χ3n) is 3.80. The summed E-state index contributed by atoms with van der Waals surface area (Å²) in [5.41, 5.74) is 2.69. The van der Waals surface area contributed by atoms with Crippen LogP contribution in [0.3, 0.4) is 0 Å². The molecular formula is C15H15N3S. The Bertz CT molecular complexity index is 662. The molecule has 96 valence electrons. The van der Waals surface area contributed by atoms with Gasteiger partial charge in [0.25, 0.3) is 0 Å². The quantitative estimate of drug-likeness (QED) is 0.834. The molecule has 0 aromatic carbocycles. The molecule has 2 heterocycles. The molecule has 0 bridgehead atoms. The van der Waals surface area contributed by atoms with Crippen molar-refractivity contribution in [3.8, 4) is 16.6 Å². The lowest BCUT2D eigenvalue weighted by Crippen LogP contribution is -2.34. The Morgan fingerprint density at radius 2 is 2.11 bits per heavy atom. The van der Waals surface area contributed by atoms with Crippen LogP contribution >= 0.6 is 11.3 Å². The van der Waals surface area contributed by atoms with Crippen molar-refractivity contribution in [3.05, 3.63) is 34.6 Å². The minimum absolute atomic E-state index is 0.439. The lowest BCUT2D eigenvalue weighted by Gasteiger charge is -2.33. The zero-order valence-corrected chi connectivity index (χ0v) is 11.9. The summed E-state index contributed by atoms with van der Waals surface area (Å²) in [7, 11) is 0. The topological polar surface area (TPSA) is 49.6 Å². The van der Waals surface area contributed by atoms with E-state index >= 15 is 0 Å². The first-order valence-electron chi connectivity index (χ1n) is 6.46. The Hall–Kier alpha value is -1.73. The molecule has 2 aromatic heterocycles. The van der Waals surface area contributed by atoms with E-state index < -0.39 is 5.41 Å². The fraction of sp³-hybridized carbons (Fsp3) is 0.400. The zero-order valence-electron chi connectivity index (χ0n) is 11.1. The summed E-state index contributed by atoms with van der Waals surface area (Å²) in [5, 5.41) is 11.5. The van der Waals surface area contributed by atoms with E-state index in [1.165, 1.54) is 10.4 Å². The van der Waals surface area contributed by atoms with Crippen LogP contribution in [0.4, 0.5) is 0 Å². The largest absolute Gasteiger partial charge is 0.236 e. The predicted octanol–water partition coefficient (Wildman–Crippen LogP) is 3.77. The molecule has 0 radical (unpaired) electrons. The maximum Gasteiger partial charge on any atom is 0.149 e. The molecule has 4 heteroatoms. The van der Waals surface area contributed by atoms with Gasteiger partial charge in [0.15, 0.2) is 0 Å². The minimum atomic E-state index is -0.439. The summed E-state index contributed by atoms with van der Waals surface area (Å²) in [6.07, 6.45) is 2.86. The summed E-state index contributed by atoms with van der Waals surface area (Å²) in [6.45, 7) is 4.06. The first-order valence-corrected chi connectivity index (χ1v) is 7.34. The van der Waals surface area contributed by atoms with Gasteiger partial charge in [-0.25, -0.2) is 9.97 Å². The Kier molecular flexibility index (Phi) is 2.87. The van der Waals surface area contributed by atoms with Gasteiger partial charge in [-0.1, -0.05) is 0 Å². The van der Waals surface area contributed by atoms with Crippen molar-refractivity contribution in [2.45, 2.75) is 38.5 Å². The fourth-order valence-electron chi connectivity index (χ4n) is 2.45. The molecule has 1 fully saturated rings. The summed E-state index contributed by atoms with van der Waals surface area (Å²) in [6, 6.07) is 6.53. The van der Waals surface area contributed by atoms with Crippen LogP contribution in [-0.2, 0) is 5.41 Å². The van der Waals surface area contributed by atoms with E-state index in [1.54, 1.807) is 11.3 Å². The highest BCUT2D eigenvalue weighted by molar-refractivity contribution is 7.13. The first-order chi connectivity index (χ1) is 9.14. The average Bonchev–Trinajstić information content (AvgIpc) is 2.74. The highest BCUT2D eigenvalue weighted by atomic mass is 32.1. The molecule has 0 N–H and O–H groups in total. The zero-order chi connectivity index (χ0) is 13.5. The molecule has 0 saturated heterocycles. The van der Waals surface area contributed by atoms with Crippen molar-refractivity contribution in [1.82, 2.24) is 9.97 Å². The van der Waals surface area contributed by atoms with Crippen molar-refractivity contribution < 1.29 is 0 Å². The monoisotopic (exact) mass is 269 g/mol. The van der Waals surface area contributed by atoms with Gasteiger partial charge >= 0.3 is 0 Å². The summed E-state index contributed by atoms with van der Waals surface area (Å²) in [4.78, 5) is 10.4.